The van der Waals surface area contributed by atoms with Crippen molar-refractivity contribution in [2.75, 3.05) is 70.5 Å². The quantitative estimate of drug-likeness (QED) is 0.0934. The van der Waals surface area contributed by atoms with Crippen LogP contribution in [0.2, 0.25) is 0 Å². The average Bonchev–Trinajstić information content (AvgIpc) is 1.50. The summed E-state index contributed by atoms with van der Waals surface area (Å²) in [5.74, 6) is 3.77. The predicted molar refractivity (Wildman–Crippen MR) is 427 cm³/mol. The molecule has 8 aliphatic carbocycles. The number of rotatable bonds is 14. The first-order valence-electron chi connectivity index (χ1n) is 35.0. The molecule has 8 saturated carbocycles. The van der Waals surface area contributed by atoms with E-state index in [0.717, 1.165) is 69.9 Å². The number of allylic oxidation sites excluding steroid dienone is 2. The van der Waals surface area contributed by atoms with Gasteiger partial charge in [-0.25, -0.2) is 0 Å². The second kappa shape index (κ2) is 43.0. The van der Waals surface area contributed by atoms with Crippen LogP contribution in [0.5, 0.6) is 0 Å². The topological polar surface area (TPSA) is 139 Å². The van der Waals surface area contributed by atoms with E-state index >= 15 is 0 Å². The zero-order valence-electron chi connectivity index (χ0n) is 60.2. The second-order valence-corrected chi connectivity index (χ2v) is 33.2. The lowest BCUT2D eigenvalue weighted by Crippen LogP contribution is -2.38. The molecule has 0 bridgehead atoms. The van der Waals surface area contributed by atoms with Gasteiger partial charge in [0.2, 0.25) is 0 Å². The molecule has 536 valence electrons. The molecule has 0 amide bonds. The third-order valence-electron chi connectivity index (χ3n) is 22.2. The lowest BCUT2D eigenvalue weighted by Gasteiger charge is -2.33. The second-order valence-electron chi connectivity index (χ2n) is 30.0. The molecule has 8 radical (unpaired) electrons. The number of nitrogens with zero attached hydrogens (tertiary/aromatic N) is 5. The lowest BCUT2D eigenvalue weighted by molar-refractivity contribution is -0.139. The Morgan fingerprint density at radius 3 is 0.888 bits per heavy atom. The third kappa shape index (κ3) is 27.5. The van der Waals surface area contributed by atoms with Crippen LogP contribution in [0.15, 0.2) is 103 Å². The van der Waals surface area contributed by atoms with Gasteiger partial charge in [0.25, 0.3) is 0 Å². The summed E-state index contributed by atoms with van der Waals surface area (Å²) in [4.78, 5) is 78.6. The van der Waals surface area contributed by atoms with Crippen LogP contribution in [0.1, 0.15) is 205 Å². The van der Waals surface area contributed by atoms with E-state index in [1.807, 2.05) is 66.5 Å². The molecule has 11 rings (SSSR count). The molecule has 3 spiro atoms. The number of aliphatic carboxylic acids is 1. The highest BCUT2D eigenvalue weighted by molar-refractivity contribution is 7.95. The van der Waals surface area contributed by atoms with E-state index in [-0.39, 0.29) is 52.6 Å². The fourth-order valence-electron chi connectivity index (χ4n) is 15.6. The van der Waals surface area contributed by atoms with Crippen LogP contribution < -0.4 is 15.9 Å². The van der Waals surface area contributed by atoms with E-state index < -0.39 is 25.6 Å². The van der Waals surface area contributed by atoms with Gasteiger partial charge in [0, 0.05) is 98.6 Å². The number of carboxylic acid groups (broad SMARTS) is 1. The number of carboxylic acids is 1. The highest BCUT2D eigenvalue weighted by atomic mass is 31.2. The van der Waals surface area contributed by atoms with Crippen molar-refractivity contribution in [3.63, 3.8) is 0 Å². The zero-order valence-corrected chi connectivity index (χ0v) is 61.1. The van der Waals surface area contributed by atoms with Gasteiger partial charge in [-0.3, -0.25) is 28.8 Å². The van der Waals surface area contributed by atoms with Gasteiger partial charge >= 0.3 is 5.97 Å². The third-order valence-corrected chi connectivity index (χ3v) is 26.3. The van der Waals surface area contributed by atoms with Crippen LogP contribution in [0.25, 0.3) is 0 Å². The van der Waals surface area contributed by atoms with Crippen molar-refractivity contribution >= 4 is 107 Å². The summed E-state index contributed by atoms with van der Waals surface area (Å²) >= 11 is 0. The molecule has 98 heavy (non-hydrogen) atoms. The number of carbonyl (C=O) groups is 6. The Labute approximate surface area is 604 Å². The minimum absolute atomic E-state index is 0. The fraction of sp³-hybridized carbons (Fsp3) is 0.658. The van der Waals surface area contributed by atoms with Gasteiger partial charge in [0.1, 0.15) is 17.3 Å². The number of hydrogen-bond donors (Lipinski definition) is 1. The molecule has 8 aliphatic rings. The Balaban J connectivity index is 0.000000583. The van der Waals surface area contributed by atoms with Gasteiger partial charge in [0.05, 0.1) is 5.92 Å². The maximum atomic E-state index is 12.2. The molecule has 3 unspecified atom stereocenters. The van der Waals surface area contributed by atoms with Crippen molar-refractivity contribution in [3.8, 4) is 0 Å². The van der Waals surface area contributed by atoms with Crippen molar-refractivity contribution in [3.05, 3.63) is 103 Å². The minimum Gasteiger partial charge on any atom is -0.481 e. The first-order valence-corrected chi connectivity index (χ1v) is 36.9. The number of Topliss-reactive ketones (excluding diaryl/α,β-unsaturated/α-hetero) is 4. The summed E-state index contributed by atoms with van der Waals surface area (Å²) in [6.07, 6.45) is 27.1. The first-order chi connectivity index (χ1) is 44.3. The predicted octanol–water partition coefficient (Wildman–Crippen LogP) is 12.5. The van der Waals surface area contributed by atoms with Gasteiger partial charge in [-0.1, -0.05) is 126 Å². The van der Waals surface area contributed by atoms with Crippen LogP contribution in [-0.4, -0.2) is 215 Å². The summed E-state index contributed by atoms with van der Waals surface area (Å²) in [5, 5.41) is 12.5. The molecule has 3 aromatic rings. The summed E-state index contributed by atoms with van der Waals surface area (Å²) in [6.45, 7) is 4.71. The van der Waals surface area contributed by atoms with E-state index in [2.05, 4.69) is 131 Å². The zero-order chi connectivity index (χ0) is 69.7. The largest absolute Gasteiger partial charge is 0.481 e. The number of ketones is 5. The van der Waals surface area contributed by atoms with Crippen molar-refractivity contribution in [1.29, 1.82) is 0 Å². The molecule has 0 saturated heterocycles. The highest BCUT2D eigenvalue weighted by Gasteiger charge is 2.60. The van der Waals surface area contributed by atoms with Crippen molar-refractivity contribution in [2.24, 2.45) is 34.0 Å². The molecule has 12 nitrogen and oxygen atoms in total. The molecule has 3 atom stereocenters. The maximum absolute atomic E-state index is 12.2. The Kier molecular flexibility index (Phi) is 40.2. The molecule has 1 N–H and O–H groups in total. The Bertz CT molecular complexity index is 2710. The normalized spacial score (nSPS) is 26.3. The highest BCUT2D eigenvalue weighted by Crippen LogP contribution is 2.63. The molecule has 8 fully saturated rings. The molecule has 0 heterocycles. The van der Waals surface area contributed by atoms with Crippen molar-refractivity contribution in [1.82, 2.24) is 24.5 Å². The Morgan fingerprint density at radius 1 is 0.418 bits per heavy atom. The lowest BCUT2D eigenvalue weighted by atomic mass is 8.81. The number of hydrogen-bond acceptors (Lipinski definition) is 11. The average molecular weight is 1360 g/mol. The van der Waals surface area contributed by atoms with Crippen LogP contribution in [0.3, 0.4) is 0 Å². The molecule has 0 aliphatic heterocycles. The summed E-state index contributed by atoms with van der Waals surface area (Å²) < 4.78 is 0. The molecule has 3 aromatic carbocycles. The number of benzene rings is 3. The van der Waals surface area contributed by atoms with Crippen LogP contribution in [0.4, 0.5) is 0 Å². The van der Waals surface area contributed by atoms with E-state index in [9.17, 15) is 28.8 Å². The van der Waals surface area contributed by atoms with Gasteiger partial charge in [0.15, 0.2) is 11.6 Å². The maximum Gasteiger partial charge on any atom is 0.307 e. The SMILES string of the molecule is C.C.C.C.CC(=O)C1CC12CCC(N(C)C)CC2.CC(=O)C1CC12CCC(N(C)C)CC2.CC(=O)C=C1CCC(N(C)C)CC1.CC(=O)C=P(c1ccccc1)(c1ccccc1)c1ccccc1.CN(C)C1CCC(=O)CC1.CN(C)C1CCC2(CC1)CC2C(=O)O.[B]B([B])B([B])[B]. The first kappa shape index (κ1) is 91.7. The van der Waals surface area contributed by atoms with Crippen molar-refractivity contribution < 1.29 is 33.9 Å². The van der Waals surface area contributed by atoms with E-state index in [4.69, 9.17) is 36.1 Å². The van der Waals surface area contributed by atoms with Gasteiger partial charge in [-0.15, -0.1) is 0 Å². The molecule has 19 heteroatoms. The summed E-state index contributed by atoms with van der Waals surface area (Å²) in [5.41, 5.74) is 2.46. The van der Waals surface area contributed by atoms with Gasteiger partial charge in [-0.05, 0) is 284 Å². The summed E-state index contributed by atoms with van der Waals surface area (Å²) in [6, 6.07) is 34.7. The number of carbonyl (C=O) groups excluding carboxylic acids is 5. The Hall–Kier alpha value is -4.29. The molecule has 0 aromatic heterocycles. The smallest absolute Gasteiger partial charge is 0.307 e. The Morgan fingerprint density at radius 2 is 0.673 bits per heavy atom. The monoisotopic (exact) mass is 1360 g/mol. The van der Waals surface area contributed by atoms with Crippen molar-refractivity contribution in [2.45, 2.75) is 235 Å². The fourth-order valence-corrected chi connectivity index (χ4v) is 19.4. The van der Waals surface area contributed by atoms with E-state index in [0.29, 0.717) is 58.1 Å². The van der Waals surface area contributed by atoms with E-state index in [1.165, 1.54) is 111 Å². The van der Waals surface area contributed by atoms with Crippen LogP contribution in [0, 0.1) is 34.0 Å². The van der Waals surface area contributed by atoms with Gasteiger partial charge in [-0.2, -0.15) is 0 Å². The molecular weight excluding hydrogens is 1230 g/mol. The van der Waals surface area contributed by atoms with E-state index in [1.54, 1.807) is 27.7 Å². The summed E-state index contributed by atoms with van der Waals surface area (Å²) in [7, 11) is 41.2. The van der Waals surface area contributed by atoms with Crippen LogP contribution >= 0.6 is 6.89 Å². The van der Waals surface area contributed by atoms with Gasteiger partial charge < -0.3 is 29.6 Å². The standard InChI is InChI=1S/C21H19OP.2C12H21NO.C11H19NO2.C11H19NO.C8H15NO.4CH4.B6/c1-18(22)17-23(19-11-5-2-6-12-19,20-13-7-3-8-14-20)21-15-9-4-10-16-21;2*1-9(14)11-8-12(11)6-4-10(5-7-12)13(2)3;1-12(2)8-3-5-11(6-4-8)7-9(11)10(13)14;1-9(13)8-10-4-6-11(7-5-10)12(2)3;1-9(2)7-3-5-8(10)6-4-7;;;;;1-5(2)6(3)4/h2-17H,1H3;2*10-11H,4-8H2,1-3H3;8-9H,3-7H2,1-2H3,(H,13,14);8,11H,4-7H2,1-3H3;7H,3-6H2,1-2H3;4*1H4;. The van der Waals surface area contributed by atoms with Crippen LogP contribution in [-0.2, 0) is 28.8 Å². The minimum atomic E-state index is -2.08. The molecular formula is C79H130B6N5O7P.